The fraction of sp³-hybridized carbons (Fsp3) is 0.300. The highest BCUT2D eigenvalue weighted by Crippen LogP contribution is 2.26. The normalized spacial score (nSPS) is 11.6. The van der Waals surface area contributed by atoms with Crippen LogP contribution >= 0.6 is 11.6 Å². The molecule has 0 atom stereocenters. The Balaban J connectivity index is 1.75. The third-order valence-electron chi connectivity index (χ3n) is 4.42. The van der Waals surface area contributed by atoms with E-state index in [9.17, 15) is 13.2 Å². The minimum absolute atomic E-state index is 0.0471. The van der Waals surface area contributed by atoms with Crippen LogP contribution in [-0.2, 0) is 16.6 Å². The van der Waals surface area contributed by atoms with E-state index in [-0.39, 0.29) is 11.4 Å². The van der Waals surface area contributed by atoms with Gasteiger partial charge in [-0.25, -0.2) is 18.1 Å². The number of nitrogens with zero attached hydrogens (tertiary/aromatic N) is 2. The first-order valence-corrected chi connectivity index (χ1v) is 11.2. The molecule has 0 unspecified atom stereocenters. The Morgan fingerprint density at radius 2 is 2.10 bits per heavy atom. The predicted molar refractivity (Wildman–Crippen MR) is 111 cm³/mol. The van der Waals surface area contributed by atoms with Crippen LogP contribution < -0.4 is 4.72 Å². The number of aryl methyl sites for hydroxylation is 1. The second-order valence-electron chi connectivity index (χ2n) is 6.69. The van der Waals surface area contributed by atoms with E-state index in [0.717, 1.165) is 23.3 Å². The monoisotopic (exact) mass is 435 g/mol. The van der Waals surface area contributed by atoms with Crippen LogP contribution in [0.5, 0.6) is 0 Å². The van der Waals surface area contributed by atoms with Gasteiger partial charge in [0, 0.05) is 16.8 Å². The van der Waals surface area contributed by atoms with Crippen LogP contribution in [0.25, 0.3) is 11.3 Å². The van der Waals surface area contributed by atoms with Crippen molar-refractivity contribution in [2.45, 2.75) is 33.2 Å². The maximum Gasteiger partial charge on any atom is 0.284 e. The van der Waals surface area contributed by atoms with E-state index in [0.29, 0.717) is 23.8 Å². The molecule has 0 aliphatic rings. The van der Waals surface area contributed by atoms with E-state index in [4.69, 9.17) is 16.0 Å². The molecular formula is C20H22ClN3O4S. The predicted octanol–water partition coefficient (Wildman–Crippen LogP) is 4.01. The summed E-state index contributed by atoms with van der Waals surface area (Å²) in [4.78, 5) is 16.5. The largest absolute Gasteiger partial charge is 0.464 e. The van der Waals surface area contributed by atoms with Gasteiger partial charge in [-0.1, -0.05) is 37.1 Å². The quantitative estimate of drug-likeness (QED) is 0.576. The number of furan rings is 1. The van der Waals surface area contributed by atoms with Crippen molar-refractivity contribution in [2.24, 2.45) is 0 Å². The van der Waals surface area contributed by atoms with Gasteiger partial charge >= 0.3 is 0 Å². The van der Waals surface area contributed by atoms with Gasteiger partial charge in [0.1, 0.15) is 17.3 Å². The van der Waals surface area contributed by atoms with Crippen molar-refractivity contribution in [1.82, 2.24) is 14.3 Å². The van der Waals surface area contributed by atoms with Gasteiger partial charge in [0.2, 0.25) is 10.0 Å². The number of rotatable bonds is 8. The van der Waals surface area contributed by atoms with Crippen LogP contribution in [0, 0.1) is 6.92 Å². The van der Waals surface area contributed by atoms with Gasteiger partial charge in [-0.2, -0.15) is 0 Å². The van der Waals surface area contributed by atoms with Crippen LogP contribution in [0.1, 0.15) is 41.6 Å². The fourth-order valence-electron chi connectivity index (χ4n) is 2.81. The van der Waals surface area contributed by atoms with Crippen LogP contribution in [-0.4, -0.2) is 29.6 Å². The number of nitrogens with one attached hydrogen (secondary N) is 1. The number of sulfonamides is 1. The minimum Gasteiger partial charge on any atom is -0.464 e. The molecule has 3 rings (SSSR count). The fourth-order valence-corrected chi connectivity index (χ4v) is 4.21. The molecule has 1 N–H and O–H groups in total. The molecule has 0 bridgehead atoms. The van der Waals surface area contributed by atoms with Crippen LogP contribution in [0.4, 0.5) is 0 Å². The van der Waals surface area contributed by atoms with Crippen molar-refractivity contribution in [2.75, 3.05) is 5.75 Å². The lowest BCUT2D eigenvalue weighted by Crippen LogP contribution is -2.32. The molecule has 29 heavy (non-hydrogen) atoms. The van der Waals surface area contributed by atoms with Gasteiger partial charge < -0.3 is 8.98 Å². The van der Waals surface area contributed by atoms with E-state index in [1.807, 2.05) is 31.2 Å². The third-order valence-corrected chi connectivity index (χ3v) is 6.10. The molecule has 0 fully saturated rings. The standard InChI is InChI=1S/C20H22ClN3O4S/c1-3-4-10-29(26,27)23-20(25)18-13-24(14(2)22-18)12-16-8-7-15(11-17(16)21)19-6-5-9-28-19/h5-9,11,13H,3-4,10,12H2,1-2H3,(H,23,25). The SMILES string of the molecule is CCCCS(=O)(=O)NC(=O)c1cn(Cc2ccc(-c3ccco3)cc2Cl)c(C)n1. The number of carbonyl (C=O) groups excluding carboxylic acids is 1. The summed E-state index contributed by atoms with van der Waals surface area (Å²) in [6.07, 6.45) is 4.34. The Bertz CT molecular complexity index is 1100. The average Bonchev–Trinajstić information content (AvgIpc) is 3.32. The zero-order valence-corrected chi connectivity index (χ0v) is 17.8. The van der Waals surface area contributed by atoms with E-state index in [1.54, 1.807) is 23.8 Å². The minimum atomic E-state index is -3.67. The number of halogens is 1. The highest BCUT2D eigenvalue weighted by Gasteiger charge is 2.19. The Morgan fingerprint density at radius 3 is 2.76 bits per heavy atom. The number of aromatic nitrogens is 2. The van der Waals surface area contributed by atoms with E-state index in [1.165, 1.54) is 6.20 Å². The highest BCUT2D eigenvalue weighted by molar-refractivity contribution is 7.90. The summed E-state index contributed by atoms with van der Waals surface area (Å²) < 4.78 is 33.1. The third kappa shape index (κ3) is 5.27. The number of amides is 1. The molecule has 0 radical (unpaired) electrons. The summed E-state index contributed by atoms with van der Waals surface area (Å²) in [6.45, 7) is 4.02. The molecule has 0 saturated carbocycles. The van der Waals surface area contributed by atoms with Gasteiger partial charge in [-0.05, 0) is 37.1 Å². The summed E-state index contributed by atoms with van der Waals surface area (Å²) in [5, 5.41) is 0.556. The van der Waals surface area contributed by atoms with Crippen molar-refractivity contribution < 1.29 is 17.6 Å². The van der Waals surface area contributed by atoms with Gasteiger partial charge in [0.25, 0.3) is 5.91 Å². The molecule has 2 aromatic heterocycles. The van der Waals surface area contributed by atoms with Crippen molar-refractivity contribution >= 4 is 27.5 Å². The molecular weight excluding hydrogens is 414 g/mol. The zero-order chi connectivity index (χ0) is 21.0. The lowest BCUT2D eigenvalue weighted by molar-refractivity contribution is 0.0977. The van der Waals surface area contributed by atoms with Crippen molar-refractivity contribution in [1.29, 1.82) is 0 Å². The number of carbonyl (C=O) groups is 1. The lowest BCUT2D eigenvalue weighted by atomic mass is 10.1. The van der Waals surface area contributed by atoms with Crippen LogP contribution in [0.15, 0.2) is 47.2 Å². The van der Waals surface area contributed by atoms with Crippen LogP contribution in [0.3, 0.4) is 0 Å². The Morgan fingerprint density at radius 1 is 1.31 bits per heavy atom. The topological polar surface area (TPSA) is 94.2 Å². The smallest absolute Gasteiger partial charge is 0.284 e. The Labute approximate surface area is 174 Å². The van der Waals surface area contributed by atoms with Gasteiger partial charge in [-0.3, -0.25) is 4.79 Å². The van der Waals surface area contributed by atoms with Gasteiger partial charge in [0.05, 0.1) is 18.6 Å². The Kier molecular flexibility index (Phi) is 6.44. The molecule has 154 valence electrons. The molecule has 9 heteroatoms. The summed E-state index contributed by atoms with van der Waals surface area (Å²) in [6, 6.07) is 9.26. The summed E-state index contributed by atoms with van der Waals surface area (Å²) in [7, 11) is -3.67. The second-order valence-corrected chi connectivity index (χ2v) is 8.94. The molecule has 1 aromatic carbocycles. The van der Waals surface area contributed by atoms with E-state index < -0.39 is 15.9 Å². The molecule has 1 amide bonds. The summed E-state index contributed by atoms with van der Waals surface area (Å²) >= 11 is 6.42. The number of hydrogen-bond donors (Lipinski definition) is 1. The number of hydrogen-bond acceptors (Lipinski definition) is 5. The van der Waals surface area contributed by atoms with E-state index in [2.05, 4.69) is 9.71 Å². The average molecular weight is 436 g/mol. The molecule has 0 saturated heterocycles. The number of imidazole rings is 1. The van der Waals surface area contributed by atoms with Crippen molar-refractivity contribution in [3.8, 4) is 11.3 Å². The maximum absolute atomic E-state index is 12.3. The molecule has 7 nitrogen and oxygen atoms in total. The lowest BCUT2D eigenvalue weighted by Gasteiger charge is -2.08. The highest BCUT2D eigenvalue weighted by atomic mass is 35.5. The zero-order valence-electron chi connectivity index (χ0n) is 16.2. The van der Waals surface area contributed by atoms with Crippen molar-refractivity contribution in [3.63, 3.8) is 0 Å². The number of benzene rings is 1. The van der Waals surface area contributed by atoms with Gasteiger partial charge in [0.15, 0.2) is 0 Å². The first-order valence-electron chi connectivity index (χ1n) is 9.20. The number of unbranched alkanes of at least 4 members (excludes halogenated alkanes) is 1. The molecule has 0 aliphatic carbocycles. The molecule has 3 aromatic rings. The van der Waals surface area contributed by atoms with Crippen LogP contribution in [0.2, 0.25) is 5.02 Å². The molecule has 0 aliphatic heterocycles. The maximum atomic E-state index is 12.3. The van der Waals surface area contributed by atoms with E-state index >= 15 is 0 Å². The van der Waals surface area contributed by atoms with Crippen molar-refractivity contribution in [3.05, 3.63) is 64.9 Å². The first-order chi connectivity index (χ1) is 13.8. The summed E-state index contributed by atoms with van der Waals surface area (Å²) in [5.74, 6) is 0.474. The Hall–Kier alpha value is -2.58. The first kappa shape index (κ1) is 21.1. The second kappa shape index (κ2) is 8.84. The molecule has 2 heterocycles. The summed E-state index contributed by atoms with van der Waals surface area (Å²) in [5.41, 5.74) is 1.75. The molecule has 0 spiro atoms. The van der Waals surface area contributed by atoms with Gasteiger partial charge in [-0.15, -0.1) is 0 Å².